The fourth-order valence-electron chi connectivity index (χ4n) is 1.24. The van der Waals surface area contributed by atoms with E-state index in [0.717, 1.165) is 11.2 Å². The zero-order chi connectivity index (χ0) is 9.14. The van der Waals surface area contributed by atoms with Crippen molar-refractivity contribution in [1.82, 2.24) is 0 Å². The summed E-state index contributed by atoms with van der Waals surface area (Å²) < 4.78 is 0. The van der Waals surface area contributed by atoms with E-state index < -0.39 is 0 Å². The average Bonchev–Trinajstić information content (AvgIpc) is 2.48. The Morgan fingerprint density at radius 3 is 2.58 bits per heavy atom. The molecule has 1 rings (SSSR count). The number of halogens is 1. The second-order valence-electron chi connectivity index (χ2n) is 3.39. The lowest BCUT2D eigenvalue weighted by Crippen LogP contribution is -2.06. The Morgan fingerprint density at radius 2 is 2.17 bits per heavy atom. The van der Waals surface area contributed by atoms with Gasteiger partial charge in [0.2, 0.25) is 0 Å². The molecule has 1 aromatic rings. The number of aryl methyl sites for hydroxylation is 1. The molecule has 1 heterocycles. The molecule has 0 N–H and O–H groups in total. The Morgan fingerprint density at radius 1 is 1.50 bits per heavy atom. The minimum atomic E-state index is 0.685. The van der Waals surface area contributed by atoms with Gasteiger partial charge < -0.3 is 0 Å². The second kappa shape index (κ2) is 4.43. The molecule has 0 bridgehead atoms. The quantitative estimate of drug-likeness (QED) is 0.702. The van der Waals surface area contributed by atoms with Gasteiger partial charge in [0.15, 0.2) is 0 Å². The molecule has 0 aliphatic heterocycles. The molecule has 0 fully saturated rings. The maximum Gasteiger partial charge on any atom is 0.0106 e. The fraction of sp³-hybridized carbons (Fsp3) is 0.600. The third-order valence-electron chi connectivity index (χ3n) is 2.41. The van der Waals surface area contributed by atoms with Crippen LogP contribution in [0, 0.1) is 12.8 Å². The van der Waals surface area contributed by atoms with Crippen LogP contribution in [0.2, 0.25) is 0 Å². The fourth-order valence-corrected chi connectivity index (χ4v) is 2.92. The summed E-state index contributed by atoms with van der Waals surface area (Å²) in [5, 5.41) is 3.27. The van der Waals surface area contributed by atoms with E-state index in [1.807, 2.05) is 11.3 Å². The smallest absolute Gasteiger partial charge is 0.0106 e. The summed E-state index contributed by atoms with van der Waals surface area (Å²) in [6, 6.07) is 2.21. The zero-order valence-electron chi connectivity index (χ0n) is 7.80. The Kier molecular flexibility index (Phi) is 3.78. The van der Waals surface area contributed by atoms with Crippen LogP contribution in [-0.2, 0) is 0 Å². The van der Waals surface area contributed by atoms with Crippen molar-refractivity contribution in [2.45, 2.75) is 26.7 Å². The molecule has 12 heavy (non-hydrogen) atoms. The predicted octanol–water partition coefficient (Wildman–Crippen LogP) is 4.19. The van der Waals surface area contributed by atoms with E-state index in [4.69, 9.17) is 0 Å². The van der Waals surface area contributed by atoms with Crippen LogP contribution in [0.4, 0.5) is 0 Å². The van der Waals surface area contributed by atoms with E-state index in [-0.39, 0.29) is 0 Å². The maximum absolute atomic E-state index is 3.53. The molecule has 0 aliphatic carbocycles. The lowest BCUT2D eigenvalue weighted by atomic mass is 9.94. The van der Waals surface area contributed by atoms with E-state index in [9.17, 15) is 0 Å². The topological polar surface area (TPSA) is 0 Å². The molecule has 1 aromatic heterocycles. The van der Waals surface area contributed by atoms with Gasteiger partial charge in [0.25, 0.3) is 0 Å². The van der Waals surface area contributed by atoms with E-state index in [0.29, 0.717) is 5.92 Å². The SMILES string of the molecule is Cc1ccsc1C(C)C(C)CBr. The molecule has 0 nitrogen and oxygen atoms in total. The summed E-state index contributed by atoms with van der Waals surface area (Å²) >= 11 is 5.41. The highest BCUT2D eigenvalue weighted by Crippen LogP contribution is 2.31. The van der Waals surface area contributed by atoms with Crippen LogP contribution in [0.15, 0.2) is 11.4 Å². The second-order valence-corrected chi connectivity index (χ2v) is 4.98. The highest BCUT2D eigenvalue weighted by molar-refractivity contribution is 9.09. The Labute approximate surface area is 87.1 Å². The van der Waals surface area contributed by atoms with Gasteiger partial charge in [-0.3, -0.25) is 0 Å². The van der Waals surface area contributed by atoms with E-state index in [2.05, 4.69) is 48.1 Å². The van der Waals surface area contributed by atoms with E-state index in [1.54, 1.807) is 4.88 Å². The Hall–Kier alpha value is 0.180. The van der Waals surface area contributed by atoms with Crippen LogP contribution < -0.4 is 0 Å². The van der Waals surface area contributed by atoms with Crippen LogP contribution in [0.3, 0.4) is 0 Å². The summed E-state index contributed by atoms with van der Waals surface area (Å²) in [5.74, 6) is 1.41. The first-order valence-electron chi connectivity index (χ1n) is 4.26. The molecule has 2 atom stereocenters. The first kappa shape index (κ1) is 10.3. The monoisotopic (exact) mass is 246 g/mol. The molecule has 0 aliphatic rings. The van der Waals surface area contributed by atoms with Gasteiger partial charge in [0.05, 0.1) is 0 Å². The van der Waals surface area contributed by atoms with Gasteiger partial charge in [0.1, 0.15) is 0 Å². The van der Waals surface area contributed by atoms with Crippen LogP contribution in [0.25, 0.3) is 0 Å². The van der Waals surface area contributed by atoms with Gasteiger partial charge in [-0.1, -0.05) is 29.8 Å². The molecule has 0 amide bonds. The van der Waals surface area contributed by atoms with Crippen molar-refractivity contribution in [1.29, 1.82) is 0 Å². The lowest BCUT2D eigenvalue weighted by molar-refractivity contribution is 0.553. The Balaban J connectivity index is 2.77. The number of rotatable bonds is 3. The van der Waals surface area contributed by atoms with Gasteiger partial charge in [-0.15, -0.1) is 11.3 Å². The van der Waals surface area contributed by atoms with Crippen LogP contribution in [0.5, 0.6) is 0 Å². The third-order valence-corrected chi connectivity index (χ3v) is 4.65. The van der Waals surface area contributed by atoms with Gasteiger partial charge >= 0.3 is 0 Å². The van der Waals surface area contributed by atoms with Gasteiger partial charge in [0, 0.05) is 10.2 Å². The Bertz CT molecular complexity index is 242. The molecule has 2 heteroatoms. The first-order valence-corrected chi connectivity index (χ1v) is 6.27. The molecular formula is C10H15BrS. The van der Waals surface area contributed by atoms with Crippen molar-refractivity contribution in [3.05, 3.63) is 21.9 Å². The summed E-state index contributed by atoms with van der Waals surface area (Å²) in [4.78, 5) is 1.54. The van der Waals surface area contributed by atoms with Crippen molar-refractivity contribution in [3.63, 3.8) is 0 Å². The molecule has 0 saturated carbocycles. The minimum Gasteiger partial charge on any atom is -0.148 e. The van der Waals surface area contributed by atoms with Crippen molar-refractivity contribution < 1.29 is 0 Å². The molecule has 0 spiro atoms. The number of thiophene rings is 1. The van der Waals surface area contributed by atoms with Crippen molar-refractivity contribution in [2.24, 2.45) is 5.92 Å². The summed E-state index contributed by atoms with van der Waals surface area (Å²) in [5.41, 5.74) is 1.44. The maximum atomic E-state index is 3.53. The third kappa shape index (κ3) is 2.11. The molecule has 0 aromatic carbocycles. The van der Waals surface area contributed by atoms with Gasteiger partial charge in [-0.25, -0.2) is 0 Å². The largest absolute Gasteiger partial charge is 0.148 e. The number of hydrogen-bond donors (Lipinski definition) is 0. The van der Waals surface area contributed by atoms with E-state index in [1.165, 1.54) is 5.56 Å². The predicted molar refractivity (Wildman–Crippen MR) is 60.4 cm³/mol. The van der Waals surface area contributed by atoms with Crippen molar-refractivity contribution in [3.8, 4) is 0 Å². The van der Waals surface area contributed by atoms with Crippen molar-refractivity contribution in [2.75, 3.05) is 5.33 Å². The van der Waals surface area contributed by atoms with Crippen LogP contribution >= 0.6 is 27.3 Å². The van der Waals surface area contributed by atoms with Crippen LogP contribution in [-0.4, -0.2) is 5.33 Å². The average molecular weight is 247 g/mol. The lowest BCUT2D eigenvalue weighted by Gasteiger charge is -2.16. The summed E-state index contributed by atoms with van der Waals surface area (Å²) in [6.07, 6.45) is 0. The van der Waals surface area contributed by atoms with Gasteiger partial charge in [-0.05, 0) is 35.8 Å². The van der Waals surface area contributed by atoms with Crippen molar-refractivity contribution >= 4 is 27.3 Å². The minimum absolute atomic E-state index is 0.685. The standard InChI is InChI=1S/C10H15BrS/c1-7-4-5-12-10(7)9(3)8(2)6-11/h4-5,8-9H,6H2,1-3H3. The van der Waals surface area contributed by atoms with E-state index >= 15 is 0 Å². The number of hydrogen-bond acceptors (Lipinski definition) is 1. The molecular weight excluding hydrogens is 232 g/mol. The highest BCUT2D eigenvalue weighted by Gasteiger charge is 2.15. The highest BCUT2D eigenvalue weighted by atomic mass is 79.9. The zero-order valence-corrected chi connectivity index (χ0v) is 10.2. The summed E-state index contributed by atoms with van der Waals surface area (Å²) in [7, 11) is 0. The number of alkyl halides is 1. The normalized spacial score (nSPS) is 16.0. The molecule has 68 valence electrons. The van der Waals surface area contributed by atoms with Gasteiger partial charge in [-0.2, -0.15) is 0 Å². The first-order chi connectivity index (χ1) is 5.66. The van der Waals surface area contributed by atoms with Crippen LogP contribution in [0.1, 0.15) is 30.2 Å². The molecule has 0 radical (unpaired) electrons. The molecule has 2 unspecified atom stereocenters. The molecule has 0 saturated heterocycles. The summed E-state index contributed by atoms with van der Waals surface area (Å²) in [6.45, 7) is 6.80.